The maximum atomic E-state index is 13.3. The van der Waals surface area contributed by atoms with Crippen molar-refractivity contribution in [3.05, 3.63) is 40.1 Å². The minimum Gasteiger partial charge on any atom is -0.368 e. The fourth-order valence-electron chi connectivity index (χ4n) is 1.14. The zero-order chi connectivity index (χ0) is 13.7. The van der Waals surface area contributed by atoms with Crippen molar-refractivity contribution in [1.82, 2.24) is 5.32 Å². The van der Waals surface area contributed by atoms with Gasteiger partial charge in [-0.1, -0.05) is 15.9 Å². The second-order valence-corrected chi connectivity index (χ2v) is 4.55. The number of nitrogens with two attached hydrogens (primary N) is 1. The maximum Gasteiger partial charge on any atom is 0.244 e. The van der Waals surface area contributed by atoms with Crippen molar-refractivity contribution < 1.29 is 14.0 Å². The Balaban J connectivity index is 2.72. The molecule has 0 saturated heterocycles. The largest absolute Gasteiger partial charge is 0.368 e. The third-order valence-corrected chi connectivity index (χ3v) is 2.65. The standard InChI is InChI=1S/C12H12BrFN2O2/c1-7(12(15)18)16-11(17)5-2-8-6-9(13)3-4-10(8)14/h2-7H,1H3,(H2,15,18)(H,16,17)/b5-2+. The van der Waals surface area contributed by atoms with Gasteiger partial charge in [-0.15, -0.1) is 0 Å². The molecule has 1 atom stereocenters. The van der Waals surface area contributed by atoms with Crippen LogP contribution in [0.3, 0.4) is 0 Å². The zero-order valence-corrected chi connectivity index (χ0v) is 11.2. The lowest BCUT2D eigenvalue weighted by Crippen LogP contribution is -2.41. The summed E-state index contributed by atoms with van der Waals surface area (Å²) < 4.78 is 14.0. The Hall–Kier alpha value is -1.69. The Bertz CT molecular complexity index is 503. The van der Waals surface area contributed by atoms with Crippen molar-refractivity contribution in [3.8, 4) is 0 Å². The molecule has 4 nitrogen and oxygen atoms in total. The Morgan fingerprint density at radius 3 is 2.78 bits per heavy atom. The van der Waals surface area contributed by atoms with Gasteiger partial charge in [0.1, 0.15) is 11.9 Å². The molecule has 96 valence electrons. The molecule has 0 aliphatic rings. The summed E-state index contributed by atoms with van der Waals surface area (Å²) in [6.45, 7) is 1.47. The second kappa shape index (κ2) is 6.30. The van der Waals surface area contributed by atoms with Gasteiger partial charge in [-0.05, 0) is 31.2 Å². The van der Waals surface area contributed by atoms with Gasteiger partial charge in [-0.2, -0.15) is 0 Å². The van der Waals surface area contributed by atoms with Crippen LogP contribution in [0.15, 0.2) is 28.7 Å². The molecule has 0 bridgehead atoms. The molecule has 0 saturated carbocycles. The van der Waals surface area contributed by atoms with E-state index in [0.29, 0.717) is 4.47 Å². The van der Waals surface area contributed by atoms with Crippen LogP contribution in [0.25, 0.3) is 6.08 Å². The number of benzene rings is 1. The summed E-state index contributed by atoms with van der Waals surface area (Å²) in [6, 6.07) is 3.61. The first-order valence-electron chi connectivity index (χ1n) is 5.13. The van der Waals surface area contributed by atoms with Gasteiger partial charge in [-0.3, -0.25) is 9.59 Å². The van der Waals surface area contributed by atoms with Crippen LogP contribution in [-0.2, 0) is 9.59 Å². The maximum absolute atomic E-state index is 13.3. The summed E-state index contributed by atoms with van der Waals surface area (Å²) >= 11 is 3.20. The molecule has 0 radical (unpaired) electrons. The van der Waals surface area contributed by atoms with Crippen molar-refractivity contribution in [3.63, 3.8) is 0 Å². The molecule has 0 aliphatic carbocycles. The number of halogens is 2. The summed E-state index contributed by atoms with van der Waals surface area (Å²) in [7, 11) is 0. The van der Waals surface area contributed by atoms with Crippen LogP contribution in [0.4, 0.5) is 4.39 Å². The van der Waals surface area contributed by atoms with E-state index in [-0.39, 0.29) is 5.56 Å². The molecule has 1 unspecified atom stereocenters. The van der Waals surface area contributed by atoms with E-state index in [0.717, 1.165) is 6.08 Å². The molecular formula is C12H12BrFN2O2. The number of hydrogen-bond acceptors (Lipinski definition) is 2. The second-order valence-electron chi connectivity index (χ2n) is 3.63. The van der Waals surface area contributed by atoms with Crippen LogP contribution in [0.2, 0.25) is 0 Å². The first kappa shape index (κ1) is 14.4. The fraction of sp³-hybridized carbons (Fsp3) is 0.167. The highest BCUT2D eigenvalue weighted by atomic mass is 79.9. The van der Waals surface area contributed by atoms with E-state index in [1.807, 2.05) is 0 Å². The average molecular weight is 315 g/mol. The number of carbonyl (C=O) groups excluding carboxylic acids is 2. The summed E-state index contributed by atoms with van der Waals surface area (Å²) in [5.41, 5.74) is 5.26. The number of primary amides is 1. The van der Waals surface area contributed by atoms with Crippen molar-refractivity contribution >= 4 is 33.8 Å². The van der Waals surface area contributed by atoms with Crippen molar-refractivity contribution in [2.45, 2.75) is 13.0 Å². The molecule has 18 heavy (non-hydrogen) atoms. The van der Waals surface area contributed by atoms with E-state index in [9.17, 15) is 14.0 Å². The van der Waals surface area contributed by atoms with E-state index in [2.05, 4.69) is 21.2 Å². The van der Waals surface area contributed by atoms with Crippen molar-refractivity contribution in [1.29, 1.82) is 0 Å². The Labute approximate surface area is 112 Å². The van der Waals surface area contributed by atoms with E-state index >= 15 is 0 Å². The van der Waals surface area contributed by atoms with Crippen LogP contribution in [0, 0.1) is 5.82 Å². The zero-order valence-electron chi connectivity index (χ0n) is 9.61. The quantitative estimate of drug-likeness (QED) is 0.828. The molecule has 1 aromatic rings. The lowest BCUT2D eigenvalue weighted by atomic mass is 10.2. The molecule has 1 rings (SSSR count). The molecule has 0 aromatic heterocycles. The van der Waals surface area contributed by atoms with Crippen LogP contribution >= 0.6 is 15.9 Å². The fourth-order valence-corrected chi connectivity index (χ4v) is 1.52. The van der Waals surface area contributed by atoms with Crippen LogP contribution in [-0.4, -0.2) is 17.9 Å². The molecule has 0 heterocycles. The molecule has 2 amide bonds. The van der Waals surface area contributed by atoms with Gasteiger partial charge in [-0.25, -0.2) is 4.39 Å². The normalized spacial score (nSPS) is 12.4. The SMILES string of the molecule is CC(NC(=O)/C=C/c1cc(Br)ccc1F)C(N)=O. The highest BCUT2D eigenvalue weighted by Gasteiger charge is 2.09. The van der Waals surface area contributed by atoms with Gasteiger partial charge in [0.2, 0.25) is 11.8 Å². The average Bonchev–Trinajstić information content (AvgIpc) is 2.30. The van der Waals surface area contributed by atoms with Crippen LogP contribution < -0.4 is 11.1 Å². The molecule has 0 fully saturated rings. The van der Waals surface area contributed by atoms with Gasteiger partial charge in [0.15, 0.2) is 0 Å². The molecule has 0 aliphatic heterocycles. The highest BCUT2D eigenvalue weighted by Crippen LogP contribution is 2.16. The van der Waals surface area contributed by atoms with Gasteiger partial charge in [0.05, 0.1) is 0 Å². The Morgan fingerprint density at radius 1 is 1.50 bits per heavy atom. The lowest BCUT2D eigenvalue weighted by molar-refractivity contribution is -0.124. The number of amides is 2. The summed E-state index contributed by atoms with van der Waals surface area (Å²) in [5, 5.41) is 2.35. The summed E-state index contributed by atoms with van der Waals surface area (Å²) in [5.74, 6) is -1.59. The van der Waals surface area contributed by atoms with Gasteiger partial charge >= 0.3 is 0 Å². The van der Waals surface area contributed by atoms with E-state index in [1.165, 1.54) is 25.1 Å². The number of carbonyl (C=O) groups is 2. The lowest BCUT2D eigenvalue weighted by Gasteiger charge is -2.07. The van der Waals surface area contributed by atoms with Gasteiger partial charge in [0, 0.05) is 16.1 Å². The third-order valence-electron chi connectivity index (χ3n) is 2.16. The van der Waals surface area contributed by atoms with E-state index < -0.39 is 23.7 Å². The topological polar surface area (TPSA) is 72.2 Å². The number of hydrogen-bond donors (Lipinski definition) is 2. The predicted molar refractivity (Wildman–Crippen MR) is 69.9 cm³/mol. The van der Waals surface area contributed by atoms with Crippen LogP contribution in [0.5, 0.6) is 0 Å². The Kier molecular flexibility index (Phi) is 5.03. The minimum absolute atomic E-state index is 0.270. The van der Waals surface area contributed by atoms with E-state index in [1.54, 1.807) is 6.07 Å². The summed E-state index contributed by atoms with van der Waals surface area (Å²) in [6.07, 6.45) is 2.47. The van der Waals surface area contributed by atoms with Gasteiger partial charge in [0.25, 0.3) is 0 Å². The summed E-state index contributed by atoms with van der Waals surface area (Å²) in [4.78, 5) is 22.1. The van der Waals surface area contributed by atoms with Crippen LogP contribution in [0.1, 0.15) is 12.5 Å². The van der Waals surface area contributed by atoms with Crippen molar-refractivity contribution in [2.75, 3.05) is 0 Å². The molecule has 3 N–H and O–H groups in total. The molecular weight excluding hydrogens is 303 g/mol. The predicted octanol–water partition coefficient (Wildman–Crippen LogP) is 1.59. The highest BCUT2D eigenvalue weighted by molar-refractivity contribution is 9.10. The Morgan fingerprint density at radius 2 is 2.17 bits per heavy atom. The monoisotopic (exact) mass is 314 g/mol. The molecule has 6 heteroatoms. The third kappa shape index (κ3) is 4.29. The number of rotatable bonds is 4. The smallest absolute Gasteiger partial charge is 0.244 e. The first-order chi connectivity index (χ1) is 8.40. The molecule has 1 aromatic carbocycles. The first-order valence-corrected chi connectivity index (χ1v) is 5.92. The number of nitrogens with one attached hydrogen (secondary N) is 1. The molecule has 0 spiro atoms. The van der Waals surface area contributed by atoms with E-state index in [4.69, 9.17) is 5.73 Å². The van der Waals surface area contributed by atoms with Crippen molar-refractivity contribution in [2.24, 2.45) is 5.73 Å². The minimum atomic E-state index is -0.769. The van der Waals surface area contributed by atoms with Gasteiger partial charge < -0.3 is 11.1 Å².